The molecule has 6 heteroatoms. The molecule has 1 atom stereocenters. The summed E-state index contributed by atoms with van der Waals surface area (Å²) >= 11 is 1.69. The lowest BCUT2D eigenvalue weighted by Crippen LogP contribution is -2.32. The summed E-state index contributed by atoms with van der Waals surface area (Å²) in [4.78, 5) is 30.2. The van der Waals surface area contributed by atoms with Gasteiger partial charge in [0.1, 0.15) is 0 Å². The average Bonchev–Trinajstić information content (AvgIpc) is 2.86. The van der Waals surface area contributed by atoms with Crippen LogP contribution in [0.5, 0.6) is 0 Å². The third-order valence-electron chi connectivity index (χ3n) is 3.68. The Kier molecular flexibility index (Phi) is 4.75. The van der Waals surface area contributed by atoms with Crippen LogP contribution in [0.3, 0.4) is 0 Å². The van der Waals surface area contributed by atoms with Gasteiger partial charge in [-0.1, -0.05) is 6.92 Å². The molecular formula is C14H20N2O3S. The Labute approximate surface area is 122 Å². The summed E-state index contributed by atoms with van der Waals surface area (Å²) in [5.41, 5.74) is 1.13. The molecule has 1 unspecified atom stereocenters. The molecule has 1 aromatic heterocycles. The Morgan fingerprint density at radius 1 is 1.45 bits per heavy atom. The molecule has 2 rings (SSSR count). The highest BCUT2D eigenvalue weighted by Crippen LogP contribution is 2.37. The third kappa shape index (κ3) is 3.17. The number of nitrogens with zero attached hydrogens (tertiary/aromatic N) is 2. The Bertz CT molecular complexity index is 513. The zero-order valence-corrected chi connectivity index (χ0v) is 12.7. The van der Waals surface area contributed by atoms with Crippen molar-refractivity contribution in [2.75, 3.05) is 7.05 Å². The van der Waals surface area contributed by atoms with Gasteiger partial charge in [-0.3, -0.25) is 9.59 Å². The molecule has 5 nitrogen and oxygen atoms in total. The van der Waals surface area contributed by atoms with Gasteiger partial charge in [0.25, 0.3) is 0 Å². The van der Waals surface area contributed by atoms with Crippen LogP contribution >= 0.6 is 11.3 Å². The van der Waals surface area contributed by atoms with Crippen molar-refractivity contribution in [3.05, 3.63) is 15.6 Å². The average molecular weight is 296 g/mol. The maximum absolute atomic E-state index is 12.1. The summed E-state index contributed by atoms with van der Waals surface area (Å²) in [6.45, 7) is 2.08. The highest BCUT2D eigenvalue weighted by Gasteiger charge is 2.29. The Hall–Kier alpha value is -1.43. The van der Waals surface area contributed by atoms with Gasteiger partial charge in [0.05, 0.1) is 28.0 Å². The number of aliphatic carboxylic acids is 1. The Balaban J connectivity index is 2.11. The molecule has 1 N–H and O–H groups in total. The summed E-state index contributed by atoms with van der Waals surface area (Å²) in [7, 11) is 1.77. The van der Waals surface area contributed by atoms with E-state index in [2.05, 4.69) is 11.9 Å². The van der Waals surface area contributed by atoms with E-state index in [4.69, 9.17) is 5.11 Å². The van der Waals surface area contributed by atoms with Crippen molar-refractivity contribution in [2.45, 2.75) is 51.5 Å². The first kappa shape index (κ1) is 15.0. The van der Waals surface area contributed by atoms with Crippen molar-refractivity contribution in [1.29, 1.82) is 0 Å². The van der Waals surface area contributed by atoms with Gasteiger partial charge in [0.2, 0.25) is 5.91 Å². The van der Waals surface area contributed by atoms with Crippen LogP contribution in [-0.2, 0) is 22.4 Å². The fourth-order valence-corrected chi connectivity index (χ4v) is 3.76. The standard InChI is InChI=1S/C14H20N2O3S/c1-3-11-15-9-5-4-6-10(14(9)20-11)16(2)12(17)7-8-13(18)19/h10H,3-8H2,1-2H3,(H,18,19). The molecule has 110 valence electrons. The quantitative estimate of drug-likeness (QED) is 0.905. The van der Waals surface area contributed by atoms with Gasteiger partial charge >= 0.3 is 5.97 Å². The number of rotatable bonds is 5. The lowest BCUT2D eigenvalue weighted by atomic mass is 9.96. The van der Waals surface area contributed by atoms with Crippen LogP contribution in [0, 0.1) is 0 Å². The van der Waals surface area contributed by atoms with Gasteiger partial charge in [-0.05, 0) is 25.7 Å². The van der Waals surface area contributed by atoms with E-state index in [9.17, 15) is 9.59 Å². The number of thiazole rings is 1. The van der Waals surface area contributed by atoms with E-state index in [0.717, 1.165) is 36.4 Å². The first-order chi connectivity index (χ1) is 9.52. The molecule has 1 aliphatic carbocycles. The van der Waals surface area contributed by atoms with Crippen LogP contribution in [0.15, 0.2) is 0 Å². The van der Waals surface area contributed by atoms with Gasteiger partial charge in [-0.25, -0.2) is 4.98 Å². The van der Waals surface area contributed by atoms with Crippen molar-refractivity contribution >= 4 is 23.2 Å². The molecule has 0 saturated heterocycles. The van der Waals surface area contributed by atoms with Crippen LogP contribution < -0.4 is 0 Å². The number of carboxylic acid groups (broad SMARTS) is 1. The number of carbonyl (C=O) groups excluding carboxylic acids is 1. The number of hydrogen-bond donors (Lipinski definition) is 1. The fraction of sp³-hybridized carbons (Fsp3) is 0.643. The minimum atomic E-state index is -0.929. The van der Waals surface area contributed by atoms with Crippen LogP contribution in [0.2, 0.25) is 0 Å². The predicted molar refractivity (Wildman–Crippen MR) is 76.8 cm³/mol. The molecule has 0 bridgehead atoms. The number of carboxylic acids is 1. The first-order valence-electron chi connectivity index (χ1n) is 6.98. The molecule has 0 saturated carbocycles. The van der Waals surface area contributed by atoms with Crippen molar-refractivity contribution in [3.63, 3.8) is 0 Å². The van der Waals surface area contributed by atoms with E-state index < -0.39 is 5.97 Å². The minimum absolute atomic E-state index is 0.0666. The van der Waals surface area contributed by atoms with E-state index >= 15 is 0 Å². The minimum Gasteiger partial charge on any atom is -0.481 e. The van der Waals surface area contributed by atoms with E-state index in [0.29, 0.717) is 0 Å². The second kappa shape index (κ2) is 6.35. The second-order valence-corrected chi connectivity index (χ2v) is 6.19. The van der Waals surface area contributed by atoms with E-state index in [-0.39, 0.29) is 24.8 Å². The molecule has 0 aliphatic heterocycles. The summed E-state index contributed by atoms with van der Waals surface area (Å²) in [6.07, 6.45) is 3.83. The lowest BCUT2D eigenvalue weighted by molar-refractivity contribution is -0.141. The number of aromatic nitrogens is 1. The van der Waals surface area contributed by atoms with E-state index in [1.165, 1.54) is 4.88 Å². The van der Waals surface area contributed by atoms with Gasteiger partial charge in [0.15, 0.2) is 0 Å². The molecule has 0 aromatic carbocycles. The van der Waals surface area contributed by atoms with E-state index in [1.54, 1.807) is 23.3 Å². The van der Waals surface area contributed by atoms with E-state index in [1.807, 2.05) is 0 Å². The molecule has 0 spiro atoms. The van der Waals surface area contributed by atoms with Gasteiger partial charge in [-0.15, -0.1) is 11.3 Å². The number of aryl methyl sites for hydroxylation is 2. The second-order valence-electron chi connectivity index (χ2n) is 5.08. The predicted octanol–water partition coefficient (Wildman–Crippen LogP) is 2.41. The summed E-state index contributed by atoms with van der Waals surface area (Å²) in [5.74, 6) is -1.03. The third-order valence-corrected chi connectivity index (χ3v) is 5.02. The molecule has 0 fully saturated rings. The maximum Gasteiger partial charge on any atom is 0.303 e. The number of carbonyl (C=O) groups is 2. The zero-order valence-electron chi connectivity index (χ0n) is 11.9. The van der Waals surface area contributed by atoms with Crippen LogP contribution in [0.1, 0.15) is 54.2 Å². The van der Waals surface area contributed by atoms with Gasteiger partial charge in [-0.2, -0.15) is 0 Å². The summed E-state index contributed by atoms with van der Waals surface area (Å²) in [6, 6.07) is 0.0674. The van der Waals surface area contributed by atoms with Crippen molar-refractivity contribution in [1.82, 2.24) is 9.88 Å². The normalized spacial score (nSPS) is 17.6. The molecule has 0 radical (unpaired) electrons. The summed E-state index contributed by atoms with van der Waals surface area (Å²) < 4.78 is 0. The highest BCUT2D eigenvalue weighted by molar-refractivity contribution is 7.11. The Morgan fingerprint density at radius 3 is 2.85 bits per heavy atom. The molecule has 20 heavy (non-hydrogen) atoms. The highest BCUT2D eigenvalue weighted by atomic mass is 32.1. The number of amides is 1. The van der Waals surface area contributed by atoms with Crippen LogP contribution in [0.25, 0.3) is 0 Å². The van der Waals surface area contributed by atoms with Gasteiger partial charge < -0.3 is 10.0 Å². The first-order valence-corrected chi connectivity index (χ1v) is 7.80. The fourth-order valence-electron chi connectivity index (χ4n) is 2.53. The molecular weight excluding hydrogens is 276 g/mol. The smallest absolute Gasteiger partial charge is 0.303 e. The molecule has 1 aliphatic rings. The molecule has 1 amide bonds. The number of fused-ring (bicyclic) bond motifs is 1. The monoisotopic (exact) mass is 296 g/mol. The largest absolute Gasteiger partial charge is 0.481 e. The maximum atomic E-state index is 12.1. The SMILES string of the molecule is CCc1nc2c(s1)C(N(C)C(=O)CCC(=O)O)CCC2. The summed E-state index contributed by atoms with van der Waals surface area (Å²) in [5, 5.41) is 9.79. The van der Waals surface area contributed by atoms with Gasteiger partial charge in [0, 0.05) is 13.5 Å². The molecule has 1 heterocycles. The van der Waals surface area contributed by atoms with Crippen molar-refractivity contribution in [2.24, 2.45) is 0 Å². The topological polar surface area (TPSA) is 70.5 Å². The van der Waals surface area contributed by atoms with Crippen molar-refractivity contribution in [3.8, 4) is 0 Å². The number of hydrogen-bond acceptors (Lipinski definition) is 4. The van der Waals surface area contributed by atoms with Crippen molar-refractivity contribution < 1.29 is 14.7 Å². The van der Waals surface area contributed by atoms with Crippen LogP contribution in [0.4, 0.5) is 0 Å². The zero-order chi connectivity index (χ0) is 14.7. The lowest BCUT2D eigenvalue weighted by Gasteiger charge is -2.30. The Morgan fingerprint density at radius 2 is 2.20 bits per heavy atom. The van der Waals surface area contributed by atoms with Crippen LogP contribution in [-0.4, -0.2) is 33.9 Å². The molecule has 1 aromatic rings.